The second kappa shape index (κ2) is 8.06. The molecule has 0 saturated carbocycles. The summed E-state index contributed by atoms with van der Waals surface area (Å²) in [7, 11) is 0. The molecule has 0 spiro atoms. The summed E-state index contributed by atoms with van der Waals surface area (Å²) >= 11 is 0. The number of aromatic nitrogens is 2. The van der Waals surface area contributed by atoms with E-state index < -0.39 is 0 Å². The summed E-state index contributed by atoms with van der Waals surface area (Å²) in [5.74, 6) is 0. The van der Waals surface area contributed by atoms with Gasteiger partial charge in [0.15, 0.2) is 0 Å². The van der Waals surface area contributed by atoms with Crippen molar-refractivity contribution in [3.63, 3.8) is 0 Å². The lowest BCUT2D eigenvalue weighted by Crippen LogP contribution is -2.26. The minimum atomic E-state index is 0.168. The standard InChI is InChI=1S/C14H25N3O/c1-4-8-16(10-11-18)12-13-7-9-17(15-13)14(5-2)6-3/h4,7,9,14,18H,1,5-6,8,10-12H2,2-3H3. The van der Waals surface area contributed by atoms with Crippen molar-refractivity contribution >= 4 is 0 Å². The average molecular weight is 251 g/mol. The van der Waals surface area contributed by atoms with Crippen LogP contribution in [0.3, 0.4) is 0 Å². The number of hydrogen-bond acceptors (Lipinski definition) is 3. The van der Waals surface area contributed by atoms with Gasteiger partial charge < -0.3 is 5.11 Å². The lowest BCUT2D eigenvalue weighted by atomic mass is 10.2. The first-order valence-corrected chi connectivity index (χ1v) is 6.73. The summed E-state index contributed by atoms with van der Waals surface area (Å²) in [5, 5.41) is 13.6. The van der Waals surface area contributed by atoms with Crippen LogP contribution in [0.25, 0.3) is 0 Å². The zero-order chi connectivity index (χ0) is 13.4. The fraction of sp³-hybridized carbons (Fsp3) is 0.643. The van der Waals surface area contributed by atoms with Crippen LogP contribution >= 0.6 is 0 Å². The SMILES string of the molecule is C=CCN(CCO)Cc1ccn(C(CC)CC)n1. The molecule has 0 amide bonds. The molecule has 1 rings (SSSR count). The van der Waals surface area contributed by atoms with Crippen LogP contribution in [-0.2, 0) is 6.54 Å². The third-order valence-corrected chi connectivity index (χ3v) is 3.17. The molecule has 102 valence electrons. The fourth-order valence-corrected chi connectivity index (χ4v) is 2.12. The maximum absolute atomic E-state index is 9.01. The van der Waals surface area contributed by atoms with Crippen molar-refractivity contribution in [2.24, 2.45) is 0 Å². The van der Waals surface area contributed by atoms with Gasteiger partial charge in [0.05, 0.1) is 18.3 Å². The minimum absolute atomic E-state index is 0.168. The molecule has 1 heterocycles. The molecular formula is C14H25N3O. The monoisotopic (exact) mass is 251 g/mol. The summed E-state index contributed by atoms with van der Waals surface area (Å²) in [4.78, 5) is 2.13. The average Bonchev–Trinajstić information content (AvgIpc) is 2.80. The van der Waals surface area contributed by atoms with Crippen molar-refractivity contribution in [3.05, 3.63) is 30.6 Å². The van der Waals surface area contributed by atoms with E-state index in [9.17, 15) is 0 Å². The summed E-state index contributed by atoms with van der Waals surface area (Å²) in [6.07, 6.45) is 6.11. The summed E-state index contributed by atoms with van der Waals surface area (Å²) in [5.41, 5.74) is 1.05. The van der Waals surface area contributed by atoms with Crippen molar-refractivity contribution in [2.45, 2.75) is 39.3 Å². The minimum Gasteiger partial charge on any atom is -0.395 e. The van der Waals surface area contributed by atoms with E-state index in [-0.39, 0.29) is 6.61 Å². The highest BCUT2D eigenvalue weighted by Gasteiger charge is 2.10. The predicted octanol–water partition coefficient (Wildman–Crippen LogP) is 2.22. The van der Waals surface area contributed by atoms with E-state index in [0.717, 1.165) is 31.6 Å². The number of hydrogen-bond donors (Lipinski definition) is 1. The van der Waals surface area contributed by atoms with E-state index in [1.807, 2.05) is 6.08 Å². The maximum atomic E-state index is 9.01. The van der Waals surface area contributed by atoms with Crippen molar-refractivity contribution in [3.8, 4) is 0 Å². The Kier molecular flexibility index (Phi) is 6.68. The summed E-state index contributed by atoms with van der Waals surface area (Å²) in [6.45, 7) is 10.5. The van der Waals surface area contributed by atoms with Crippen LogP contribution in [0.1, 0.15) is 38.4 Å². The first kappa shape index (κ1) is 14.9. The fourth-order valence-electron chi connectivity index (χ4n) is 2.12. The van der Waals surface area contributed by atoms with Gasteiger partial charge in [-0.3, -0.25) is 9.58 Å². The van der Waals surface area contributed by atoms with Crippen molar-refractivity contribution in [1.29, 1.82) is 0 Å². The zero-order valence-electron chi connectivity index (χ0n) is 11.5. The molecule has 0 aliphatic heterocycles. The Labute approximate surface area is 110 Å². The number of aliphatic hydroxyl groups excluding tert-OH is 1. The van der Waals surface area contributed by atoms with Gasteiger partial charge >= 0.3 is 0 Å². The molecule has 0 aromatic carbocycles. The third-order valence-electron chi connectivity index (χ3n) is 3.17. The van der Waals surface area contributed by atoms with Crippen LogP contribution in [0, 0.1) is 0 Å². The topological polar surface area (TPSA) is 41.3 Å². The van der Waals surface area contributed by atoms with Gasteiger partial charge in [-0.05, 0) is 18.9 Å². The molecule has 1 aromatic heterocycles. The van der Waals surface area contributed by atoms with Gasteiger partial charge in [0, 0.05) is 25.8 Å². The molecule has 0 bridgehead atoms. The lowest BCUT2D eigenvalue weighted by molar-refractivity contribution is 0.201. The van der Waals surface area contributed by atoms with Crippen LogP contribution < -0.4 is 0 Å². The van der Waals surface area contributed by atoms with Crippen molar-refractivity contribution < 1.29 is 5.11 Å². The molecule has 4 heteroatoms. The smallest absolute Gasteiger partial charge is 0.0765 e. The third kappa shape index (κ3) is 4.27. The highest BCUT2D eigenvalue weighted by Crippen LogP contribution is 2.15. The Morgan fingerprint density at radius 2 is 2.22 bits per heavy atom. The van der Waals surface area contributed by atoms with E-state index in [4.69, 9.17) is 5.11 Å². The van der Waals surface area contributed by atoms with Crippen molar-refractivity contribution in [2.75, 3.05) is 19.7 Å². The Morgan fingerprint density at radius 3 is 2.78 bits per heavy atom. The normalized spacial score (nSPS) is 11.4. The van der Waals surface area contributed by atoms with E-state index in [2.05, 4.69) is 47.4 Å². The van der Waals surface area contributed by atoms with Crippen LogP contribution in [0.5, 0.6) is 0 Å². The molecule has 0 atom stereocenters. The number of rotatable bonds is 9. The number of nitrogens with zero attached hydrogens (tertiary/aromatic N) is 3. The highest BCUT2D eigenvalue weighted by atomic mass is 16.3. The first-order chi connectivity index (χ1) is 8.74. The molecular weight excluding hydrogens is 226 g/mol. The zero-order valence-corrected chi connectivity index (χ0v) is 11.5. The van der Waals surface area contributed by atoms with E-state index in [1.54, 1.807) is 0 Å². The Balaban J connectivity index is 2.63. The molecule has 4 nitrogen and oxygen atoms in total. The quantitative estimate of drug-likeness (QED) is 0.684. The molecule has 0 saturated heterocycles. The Morgan fingerprint density at radius 1 is 1.50 bits per heavy atom. The maximum Gasteiger partial charge on any atom is 0.0765 e. The van der Waals surface area contributed by atoms with Gasteiger partial charge in [-0.15, -0.1) is 6.58 Å². The highest BCUT2D eigenvalue weighted by molar-refractivity contribution is 5.00. The molecule has 18 heavy (non-hydrogen) atoms. The molecule has 0 aliphatic carbocycles. The Bertz CT molecular complexity index is 345. The van der Waals surface area contributed by atoms with Gasteiger partial charge in [-0.1, -0.05) is 19.9 Å². The van der Waals surface area contributed by atoms with E-state index >= 15 is 0 Å². The summed E-state index contributed by atoms with van der Waals surface area (Å²) < 4.78 is 2.06. The van der Waals surface area contributed by atoms with Gasteiger partial charge in [0.25, 0.3) is 0 Å². The summed E-state index contributed by atoms with van der Waals surface area (Å²) in [6, 6.07) is 2.55. The van der Waals surface area contributed by atoms with Crippen LogP contribution in [0.15, 0.2) is 24.9 Å². The second-order valence-corrected chi connectivity index (χ2v) is 4.50. The lowest BCUT2D eigenvalue weighted by Gasteiger charge is -2.18. The van der Waals surface area contributed by atoms with Gasteiger partial charge in [0.1, 0.15) is 0 Å². The molecule has 0 aliphatic rings. The molecule has 0 fully saturated rings. The van der Waals surface area contributed by atoms with Crippen molar-refractivity contribution in [1.82, 2.24) is 14.7 Å². The number of aliphatic hydroxyl groups is 1. The van der Waals surface area contributed by atoms with Crippen LogP contribution in [-0.4, -0.2) is 39.5 Å². The molecule has 1 N–H and O–H groups in total. The largest absolute Gasteiger partial charge is 0.395 e. The molecule has 0 unspecified atom stereocenters. The van der Waals surface area contributed by atoms with E-state index in [1.165, 1.54) is 0 Å². The van der Waals surface area contributed by atoms with Gasteiger partial charge in [-0.2, -0.15) is 5.10 Å². The predicted molar refractivity (Wildman–Crippen MR) is 74.4 cm³/mol. The van der Waals surface area contributed by atoms with Gasteiger partial charge in [0.2, 0.25) is 0 Å². The van der Waals surface area contributed by atoms with Gasteiger partial charge in [-0.25, -0.2) is 0 Å². The van der Waals surface area contributed by atoms with E-state index in [0.29, 0.717) is 12.6 Å². The second-order valence-electron chi connectivity index (χ2n) is 4.50. The van der Waals surface area contributed by atoms with Crippen LogP contribution in [0.2, 0.25) is 0 Å². The first-order valence-electron chi connectivity index (χ1n) is 6.73. The van der Waals surface area contributed by atoms with Crippen LogP contribution in [0.4, 0.5) is 0 Å². The Hall–Kier alpha value is -1.13. The molecule has 1 aromatic rings. The molecule has 0 radical (unpaired) electrons.